The minimum atomic E-state index is -1.12. The van der Waals surface area contributed by atoms with E-state index in [2.05, 4.69) is 0 Å². The van der Waals surface area contributed by atoms with Crippen molar-refractivity contribution in [1.29, 1.82) is 0 Å². The summed E-state index contributed by atoms with van der Waals surface area (Å²) in [4.78, 5) is 26.2. The quantitative estimate of drug-likeness (QED) is 0.699. The molecule has 1 aliphatic heterocycles. The molecule has 0 aliphatic carbocycles. The number of aliphatic hydroxyl groups is 2. The van der Waals surface area contributed by atoms with Gasteiger partial charge in [0.05, 0.1) is 17.2 Å². The van der Waals surface area contributed by atoms with Gasteiger partial charge in [0.25, 0.3) is 0 Å². The average Bonchev–Trinajstić information content (AvgIpc) is 2.71. The summed E-state index contributed by atoms with van der Waals surface area (Å²) in [6, 6.07) is -0.843. The van der Waals surface area contributed by atoms with Crippen LogP contribution in [0.25, 0.3) is 0 Å². The second kappa shape index (κ2) is 6.77. The first kappa shape index (κ1) is 19.9. The van der Waals surface area contributed by atoms with E-state index in [-0.39, 0.29) is 30.3 Å². The summed E-state index contributed by atoms with van der Waals surface area (Å²) in [6.45, 7) is 11.2. The second-order valence-corrected chi connectivity index (χ2v) is 7.72. The molecule has 1 fully saturated rings. The maximum Gasteiger partial charge on any atom is 0.327 e. The molecule has 1 saturated heterocycles. The predicted octanol–water partition coefficient (Wildman–Crippen LogP) is 1.84. The number of imide groups is 1. The van der Waals surface area contributed by atoms with Crippen molar-refractivity contribution in [2.75, 3.05) is 13.6 Å². The van der Waals surface area contributed by atoms with Gasteiger partial charge in [-0.15, -0.1) is 0 Å². The molecule has 134 valence electrons. The molecule has 0 radical (unpaired) electrons. The van der Waals surface area contributed by atoms with Crippen LogP contribution in [0.1, 0.15) is 54.4 Å². The molecule has 6 nitrogen and oxygen atoms in total. The summed E-state index contributed by atoms with van der Waals surface area (Å²) in [5.41, 5.74) is -1.93. The van der Waals surface area contributed by atoms with E-state index in [0.717, 1.165) is 4.90 Å². The lowest BCUT2D eigenvalue weighted by Gasteiger charge is -2.39. The first-order chi connectivity index (χ1) is 10.3. The molecule has 4 atom stereocenters. The lowest BCUT2D eigenvalue weighted by molar-refractivity contribution is -0.124. The third-order valence-corrected chi connectivity index (χ3v) is 5.83. The highest BCUT2D eigenvalue weighted by Crippen LogP contribution is 2.33. The molecule has 23 heavy (non-hydrogen) atoms. The van der Waals surface area contributed by atoms with E-state index >= 15 is 0 Å². The third-order valence-electron chi connectivity index (χ3n) is 5.83. The number of likely N-dealkylation sites (N-methyl/N-ethyl adjacent to an activating group) is 1. The van der Waals surface area contributed by atoms with Crippen LogP contribution in [-0.4, -0.2) is 62.8 Å². The van der Waals surface area contributed by atoms with Crippen LogP contribution in [0.4, 0.5) is 4.79 Å². The molecule has 6 heteroatoms. The monoisotopic (exact) mass is 328 g/mol. The molecule has 1 aliphatic rings. The maximum atomic E-state index is 12.1. The molecule has 0 bridgehead atoms. The predicted molar refractivity (Wildman–Crippen MR) is 88.8 cm³/mol. The van der Waals surface area contributed by atoms with E-state index in [1.807, 2.05) is 27.7 Å². The van der Waals surface area contributed by atoms with Crippen molar-refractivity contribution >= 4 is 11.9 Å². The van der Waals surface area contributed by atoms with Crippen LogP contribution >= 0.6 is 0 Å². The fourth-order valence-electron chi connectivity index (χ4n) is 2.84. The Hall–Kier alpha value is -1.14. The number of amides is 3. The zero-order valence-corrected chi connectivity index (χ0v) is 15.5. The van der Waals surface area contributed by atoms with Crippen molar-refractivity contribution in [2.45, 2.75) is 71.6 Å². The number of urea groups is 1. The smallest absolute Gasteiger partial charge is 0.327 e. The first-order valence-corrected chi connectivity index (χ1v) is 8.34. The molecular formula is C17H32N2O4. The largest absolute Gasteiger partial charge is 0.390 e. The van der Waals surface area contributed by atoms with Gasteiger partial charge in [-0.2, -0.15) is 0 Å². The van der Waals surface area contributed by atoms with Crippen molar-refractivity contribution < 1.29 is 19.8 Å². The Balaban J connectivity index is 2.72. The van der Waals surface area contributed by atoms with Gasteiger partial charge in [-0.3, -0.25) is 9.69 Å². The molecule has 0 saturated carbocycles. The minimum absolute atomic E-state index is 0.00587. The molecule has 2 N–H and O–H groups in total. The summed E-state index contributed by atoms with van der Waals surface area (Å²) in [5, 5.41) is 21.3. The Morgan fingerprint density at radius 1 is 1.13 bits per heavy atom. The fraction of sp³-hybridized carbons (Fsp3) is 0.882. The van der Waals surface area contributed by atoms with Gasteiger partial charge in [-0.05, 0) is 45.4 Å². The van der Waals surface area contributed by atoms with Gasteiger partial charge in [0.15, 0.2) is 0 Å². The van der Waals surface area contributed by atoms with Gasteiger partial charge in [-0.25, -0.2) is 4.79 Å². The Morgan fingerprint density at radius 3 is 2.04 bits per heavy atom. The van der Waals surface area contributed by atoms with Crippen LogP contribution in [0.15, 0.2) is 0 Å². The van der Waals surface area contributed by atoms with E-state index in [9.17, 15) is 19.8 Å². The molecule has 0 aromatic carbocycles. The second-order valence-electron chi connectivity index (χ2n) is 7.72. The van der Waals surface area contributed by atoms with E-state index in [1.165, 1.54) is 11.9 Å². The molecule has 1 heterocycles. The number of carbonyl (C=O) groups excluding carboxylic acids is 2. The van der Waals surface area contributed by atoms with Crippen LogP contribution in [0, 0.1) is 11.8 Å². The van der Waals surface area contributed by atoms with Gasteiger partial charge in [0.1, 0.15) is 6.54 Å². The van der Waals surface area contributed by atoms with Crippen molar-refractivity contribution in [3.05, 3.63) is 0 Å². The number of hydrogen-bond donors (Lipinski definition) is 2. The standard InChI is InChI=1S/C17H32N2O4/c1-11(2)17(6,23)12(3)8-9-16(5,22)13(4)19-10-14(20)18(7)15(19)21/h11-13,22-23H,8-10H2,1-7H3. The van der Waals surface area contributed by atoms with Crippen LogP contribution < -0.4 is 0 Å². The average molecular weight is 328 g/mol. The summed E-state index contributed by atoms with van der Waals surface area (Å²) < 4.78 is 0. The summed E-state index contributed by atoms with van der Waals surface area (Å²) in [5.74, 6) is -0.125. The molecule has 1 rings (SSSR count). The number of nitrogens with zero attached hydrogens (tertiary/aromatic N) is 2. The Labute approximate surface area is 139 Å². The molecule has 0 spiro atoms. The van der Waals surface area contributed by atoms with Crippen molar-refractivity contribution in [2.24, 2.45) is 11.8 Å². The summed E-state index contributed by atoms with van der Waals surface area (Å²) >= 11 is 0. The Bertz CT molecular complexity index is 460. The summed E-state index contributed by atoms with van der Waals surface area (Å²) in [7, 11) is 1.45. The minimum Gasteiger partial charge on any atom is -0.390 e. The van der Waals surface area contributed by atoms with Crippen molar-refractivity contribution in [3.63, 3.8) is 0 Å². The van der Waals surface area contributed by atoms with Crippen LogP contribution in [0.3, 0.4) is 0 Å². The van der Waals surface area contributed by atoms with E-state index in [0.29, 0.717) is 12.8 Å². The van der Waals surface area contributed by atoms with Gasteiger partial charge >= 0.3 is 6.03 Å². The highest BCUT2D eigenvalue weighted by atomic mass is 16.3. The lowest BCUT2D eigenvalue weighted by atomic mass is 9.76. The highest BCUT2D eigenvalue weighted by Gasteiger charge is 2.43. The number of rotatable bonds is 7. The van der Waals surface area contributed by atoms with Gasteiger partial charge in [-0.1, -0.05) is 20.8 Å². The number of carbonyl (C=O) groups is 2. The van der Waals surface area contributed by atoms with Gasteiger partial charge in [0.2, 0.25) is 5.91 Å². The zero-order chi connectivity index (χ0) is 18.2. The highest BCUT2D eigenvalue weighted by molar-refractivity contribution is 6.01. The Kier molecular flexibility index (Phi) is 5.86. The topological polar surface area (TPSA) is 81.1 Å². The van der Waals surface area contributed by atoms with E-state index < -0.39 is 17.2 Å². The molecule has 0 aromatic rings. The molecule has 0 aromatic heterocycles. The van der Waals surface area contributed by atoms with Gasteiger partial charge in [0, 0.05) is 7.05 Å². The zero-order valence-electron chi connectivity index (χ0n) is 15.5. The molecule has 4 unspecified atom stereocenters. The van der Waals surface area contributed by atoms with Crippen molar-refractivity contribution in [1.82, 2.24) is 9.80 Å². The fourth-order valence-corrected chi connectivity index (χ4v) is 2.84. The SMILES string of the molecule is CC(N1CC(=O)N(C)C1=O)C(C)(O)CCC(C)C(C)(O)C(C)C. The maximum absolute atomic E-state index is 12.1. The van der Waals surface area contributed by atoms with Gasteiger partial charge < -0.3 is 15.1 Å². The van der Waals surface area contributed by atoms with Crippen LogP contribution in [-0.2, 0) is 4.79 Å². The van der Waals surface area contributed by atoms with E-state index in [4.69, 9.17) is 0 Å². The number of hydrogen-bond acceptors (Lipinski definition) is 4. The Morgan fingerprint density at radius 2 is 1.65 bits per heavy atom. The summed E-state index contributed by atoms with van der Waals surface area (Å²) in [6.07, 6.45) is 1.08. The molecular weight excluding hydrogens is 296 g/mol. The lowest BCUT2D eigenvalue weighted by Crippen LogP contribution is -2.51. The van der Waals surface area contributed by atoms with Crippen molar-refractivity contribution in [3.8, 4) is 0 Å². The van der Waals surface area contributed by atoms with Crippen LogP contribution in [0.5, 0.6) is 0 Å². The van der Waals surface area contributed by atoms with E-state index in [1.54, 1.807) is 13.8 Å². The first-order valence-electron chi connectivity index (χ1n) is 8.34. The third kappa shape index (κ3) is 4.04. The normalized spacial score (nSPS) is 23.9. The van der Waals surface area contributed by atoms with Crippen LogP contribution in [0.2, 0.25) is 0 Å². The molecule has 3 amide bonds.